The van der Waals surface area contributed by atoms with Crippen LogP contribution in [0.3, 0.4) is 0 Å². The summed E-state index contributed by atoms with van der Waals surface area (Å²) in [4.78, 5) is 29.1. The molecule has 0 saturated heterocycles. The van der Waals surface area contributed by atoms with E-state index in [2.05, 4.69) is 22.4 Å². The molecule has 5 heteroatoms. The van der Waals surface area contributed by atoms with Gasteiger partial charge in [0.05, 0.1) is 11.1 Å². The highest BCUT2D eigenvalue weighted by Crippen LogP contribution is 2.40. The van der Waals surface area contributed by atoms with Gasteiger partial charge in [-0.05, 0) is 42.9 Å². The van der Waals surface area contributed by atoms with Crippen LogP contribution in [0.1, 0.15) is 35.1 Å². The molecule has 1 aliphatic heterocycles. The number of carbonyl (C=O) groups excluding carboxylic acids is 2. The Kier molecular flexibility index (Phi) is 3.56. The minimum atomic E-state index is -0.320. The Bertz CT molecular complexity index is 1370. The van der Waals surface area contributed by atoms with Crippen molar-refractivity contribution in [3.8, 4) is 0 Å². The molecule has 6 rings (SSSR count). The van der Waals surface area contributed by atoms with E-state index >= 15 is 0 Å². The summed E-state index contributed by atoms with van der Waals surface area (Å²) < 4.78 is 1.11. The summed E-state index contributed by atoms with van der Waals surface area (Å²) in [6, 6.07) is 12.3. The number of amides is 2. The molecular formula is C24H18N2O2S. The molecule has 2 aliphatic rings. The molecule has 29 heavy (non-hydrogen) atoms. The fourth-order valence-electron chi connectivity index (χ4n) is 4.79. The van der Waals surface area contributed by atoms with Gasteiger partial charge in [-0.3, -0.25) is 14.9 Å². The number of aryl methyl sites for hydroxylation is 2. The van der Waals surface area contributed by atoms with E-state index in [1.54, 1.807) is 11.3 Å². The molecule has 2 aromatic carbocycles. The SMILES string of the molecule is O=C1NC(=O)C(c2c[nH]c3c4c(ccc23)CCCC4)=C1c1csc2ccccc12. The third kappa shape index (κ3) is 2.37. The van der Waals surface area contributed by atoms with Crippen LogP contribution in [-0.2, 0) is 22.4 Å². The zero-order valence-electron chi connectivity index (χ0n) is 15.7. The third-order valence-electron chi connectivity index (χ3n) is 6.13. The highest BCUT2D eigenvalue weighted by molar-refractivity contribution is 7.17. The average molecular weight is 398 g/mol. The van der Waals surface area contributed by atoms with E-state index < -0.39 is 0 Å². The number of benzene rings is 2. The van der Waals surface area contributed by atoms with Gasteiger partial charge in [0.2, 0.25) is 0 Å². The number of hydrogen-bond acceptors (Lipinski definition) is 3. The van der Waals surface area contributed by atoms with Gasteiger partial charge in [-0.2, -0.15) is 0 Å². The van der Waals surface area contributed by atoms with E-state index in [0.29, 0.717) is 11.1 Å². The number of imide groups is 1. The van der Waals surface area contributed by atoms with Gasteiger partial charge in [0.15, 0.2) is 0 Å². The summed E-state index contributed by atoms with van der Waals surface area (Å²) in [6.45, 7) is 0. The zero-order valence-corrected chi connectivity index (χ0v) is 16.5. The van der Waals surface area contributed by atoms with Crippen LogP contribution >= 0.6 is 11.3 Å². The first-order valence-electron chi connectivity index (χ1n) is 9.91. The number of H-pyrrole nitrogens is 1. The highest BCUT2D eigenvalue weighted by atomic mass is 32.1. The molecular weight excluding hydrogens is 380 g/mol. The Morgan fingerprint density at radius 1 is 0.828 bits per heavy atom. The molecule has 0 spiro atoms. The first-order chi connectivity index (χ1) is 14.2. The second-order valence-electron chi connectivity index (χ2n) is 7.71. The van der Waals surface area contributed by atoms with Crippen LogP contribution in [0.4, 0.5) is 0 Å². The van der Waals surface area contributed by atoms with Gasteiger partial charge in [0, 0.05) is 43.7 Å². The van der Waals surface area contributed by atoms with Gasteiger partial charge in [-0.1, -0.05) is 30.3 Å². The highest BCUT2D eigenvalue weighted by Gasteiger charge is 2.34. The molecule has 0 bridgehead atoms. The smallest absolute Gasteiger partial charge is 0.259 e. The number of aromatic nitrogens is 1. The fraction of sp³-hybridized carbons (Fsp3) is 0.167. The maximum absolute atomic E-state index is 12.9. The minimum Gasteiger partial charge on any atom is -0.360 e. The molecule has 0 radical (unpaired) electrons. The van der Waals surface area contributed by atoms with Crippen molar-refractivity contribution in [1.82, 2.24) is 10.3 Å². The first-order valence-corrected chi connectivity index (χ1v) is 10.8. The van der Waals surface area contributed by atoms with Crippen molar-refractivity contribution in [2.45, 2.75) is 25.7 Å². The molecule has 1 aliphatic carbocycles. The van der Waals surface area contributed by atoms with E-state index in [4.69, 9.17) is 0 Å². The minimum absolute atomic E-state index is 0.319. The second-order valence-corrected chi connectivity index (χ2v) is 8.63. The van der Waals surface area contributed by atoms with Crippen LogP contribution in [0.2, 0.25) is 0 Å². The van der Waals surface area contributed by atoms with Crippen LogP contribution in [0, 0.1) is 0 Å². The van der Waals surface area contributed by atoms with Gasteiger partial charge in [0.25, 0.3) is 11.8 Å². The van der Waals surface area contributed by atoms with Gasteiger partial charge in [-0.25, -0.2) is 0 Å². The molecule has 0 fully saturated rings. The number of thiophene rings is 1. The summed E-state index contributed by atoms with van der Waals surface area (Å²) in [5, 5.41) is 6.53. The lowest BCUT2D eigenvalue weighted by Gasteiger charge is -2.16. The molecule has 0 saturated carbocycles. The van der Waals surface area contributed by atoms with E-state index in [0.717, 1.165) is 45.0 Å². The van der Waals surface area contributed by atoms with Crippen molar-refractivity contribution < 1.29 is 9.59 Å². The lowest BCUT2D eigenvalue weighted by Crippen LogP contribution is -2.22. The number of fused-ring (bicyclic) bond motifs is 4. The molecule has 0 atom stereocenters. The molecule has 142 valence electrons. The molecule has 4 aromatic rings. The zero-order chi connectivity index (χ0) is 19.5. The summed E-state index contributed by atoms with van der Waals surface area (Å²) >= 11 is 1.59. The quantitative estimate of drug-likeness (QED) is 0.475. The fourth-order valence-corrected chi connectivity index (χ4v) is 5.74. The summed E-state index contributed by atoms with van der Waals surface area (Å²) in [6.07, 6.45) is 6.46. The van der Waals surface area contributed by atoms with Crippen molar-refractivity contribution in [2.24, 2.45) is 0 Å². The second kappa shape index (κ2) is 6.16. The normalized spacial score (nSPS) is 16.7. The number of hydrogen-bond donors (Lipinski definition) is 2. The molecule has 2 amide bonds. The number of nitrogens with one attached hydrogen (secondary N) is 2. The van der Waals surface area contributed by atoms with E-state index in [-0.39, 0.29) is 11.8 Å². The van der Waals surface area contributed by atoms with Gasteiger partial charge in [-0.15, -0.1) is 11.3 Å². The van der Waals surface area contributed by atoms with Crippen molar-refractivity contribution in [1.29, 1.82) is 0 Å². The Balaban J connectivity index is 1.63. The lowest BCUT2D eigenvalue weighted by atomic mass is 9.88. The number of aromatic amines is 1. The first kappa shape index (κ1) is 16.7. The van der Waals surface area contributed by atoms with Gasteiger partial charge < -0.3 is 4.98 Å². The van der Waals surface area contributed by atoms with Crippen molar-refractivity contribution in [3.63, 3.8) is 0 Å². The van der Waals surface area contributed by atoms with Gasteiger partial charge >= 0.3 is 0 Å². The van der Waals surface area contributed by atoms with Crippen molar-refractivity contribution in [2.75, 3.05) is 0 Å². The van der Waals surface area contributed by atoms with Crippen molar-refractivity contribution >= 4 is 55.3 Å². The largest absolute Gasteiger partial charge is 0.360 e. The Labute approximate surface area is 171 Å². The summed E-state index contributed by atoms with van der Waals surface area (Å²) in [5.74, 6) is -0.639. The maximum atomic E-state index is 12.9. The molecule has 3 heterocycles. The summed E-state index contributed by atoms with van der Waals surface area (Å²) in [7, 11) is 0. The van der Waals surface area contributed by atoms with Crippen LogP contribution in [0.25, 0.3) is 32.1 Å². The molecule has 4 nitrogen and oxygen atoms in total. The maximum Gasteiger partial charge on any atom is 0.259 e. The van der Waals surface area contributed by atoms with Crippen LogP contribution < -0.4 is 5.32 Å². The topological polar surface area (TPSA) is 62.0 Å². The number of rotatable bonds is 2. The number of carbonyl (C=O) groups is 2. The third-order valence-corrected chi connectivity index (χ3v) is 7.10. The van der Waals surface area contributed by atoms with Crippen LogP contribution in [0.15, 0.2) is 48.0 Å². The van der Waals surface area contributed by atoms with Crippen LogP contribution in [0.5, 0.6) is 0 Å². The predicted molar refractivity (Wildman–Crippen MR) is 117 cm³/mol. The van der Waals surface area contributed by atoms with E-state index in [9.17, 15) is 9.59 Å². The van der Waals surface area contributed by atoms with Gasteiger partial charge in [0.1, 0.15) is 0 Å². The molecule has 2 aromatic heterocycles. The Hall–Kier alpha value is -3.18. The Morgan fingerprint density at radius 3 is 2.52 bits per heavy atom. The van der Waals surface area contributed by atoms with Crippen LogP contribution in [-0.4, -0.2) is 16.8 Å². The van der Waals surface area contributed by atoms with E-state index in [1.165, 1.54) is 24.0 Å². The lowest BCUT2D eigenvalue weighted by molar-refractivity contribution is -0.122. The van der Waals surface area contributed by atoms with E-state index in [1.807, 2.05) is 35.8 Å². The predicted octanol–water partition coefficient (Wildman–Crippen LogP) is 4.83. The average Bonchev–Trinajstić information content (AvgIpc) is 3.42. The summed E-state index contributed by atoms with van der Waals surface area (Å²) in [5.41, 5.74) is 6.44. The van der Waals surface area contributed by atoms with Crippen molar-refractivity contribution in [3.05, 3.63) is 70.2 Å². The standard InChI is InChI=1S/C24H18N2O2S/c27-23-20(17-11-25-22-14-6-2-1-5-13(14)9-10-16(17)22)21(24(28)26-23)18-12-29-19-8-4-3-7-15(18)19/h3-4,7-12,25H,1-2,5-6H2,(H,26,27,28). The molecule has 2 N–H and O–H groups in total. The Morgan fingerprint density at radius 2 is 1.62 bits per heavy atom. The molecule has 0 unspecified atom stereocenters. The monoisotopic (exact) mass is 398 g/mol.